The molecule has 3 saturated carbocycles. The second-order valence-electron chi connectivity index (χ2n) is 15.7. The van der Waals surface area contributed by atoms with Gasteiger partial charge >= 0.3 is 11.9 Å². The number of aliphatic hydroxyl groups is 2. The summed E-state index contributed by atoms with van der Waals surface area (Å²) in [5, 5.41) is 35.6. The molecule has 1 amide bonds. The number of carboxylic acids is 1. The van der Waals surface area contributed by atoms with E-state index in [2.05, 4.69) is 12.2 Å². The van der Waals surface area contributed by atoms with E-state index in [0.29, 0.717) is 38.7 Å². The van der Waals surface area contributed by atoms with Crippen LogP contribution in [0.4, 0.5) is 0 Å². The summed E-state index contributed by atoms with van der Waals surface area (Å²) in [5.41, 5.74) is -2.24. The van der Waals surface area contributed by atoms with Crippen LogP contribution in [0.25, 0.3) is 0 Å². The van der Waals surface area contributed by atoms with Gasteiger partial charge in [-0.2, -0.15) is 0 Å². The first-order valence-electron chi connectivity index (χ1n) is 17.0. The number of carbonyl (C=O) groups is 5. The van der Waals surface area contributed by atoms with E-state index in [0.717, 1.165) is 18.4 Å². The lowest BCUT2D eigenvalue weighted by Gasteiger charge is -2.60. The second-order valence-corrected chi connectivity index (χ2v) is 15.7. The number of fused-ring (bicyclic) bond motifs is 5. The molecule has 0 unspecified atom stereocenters. The Labute approximate surface area is 270 Å². The third-order valence-electron chi connectivity index (χ3n) is 12.5. The van der Waals surface area contributed by atoms with Crippen molar-refractivity contribution in [2.24, 2.45) is 34.5 Å². The fourth-order valence-corrected chi connectivity index (χ4v) is 10.1. The molecule has 0 bridgehead atoms. The van der Waals surface area contributed by atoms with E-state index >= 15 is 0 Å². The predicted molar refractivity (Wildman–Crippen MR) is 165 cm³/mol. The molecule has 4 N–H and O–H groups in total. The van der Waals surface area contributed by atoms with Gasteiger partial charge in [0.1, 0.15) is 5.60 Å². The summed E-state index contributed by atoms with van der Waals surface area (Å²) in [6.07, 6.45) is 5.27. The number of allylic oxidation sites excluding steroid dienone is 1. The van der Waals surface area contributed by atoms with Gasteiger partial charge in [-0.15, -0.1) is 0 Å². The molecule has 11 heteroatoms. The molecule has 0 spiro atoms. The Bertz CT molecular complexity index is 1290. The van der Waals surface area contributed by atoms with Crippen LogP contribution >= 0.6 is 0 Å². The van der Waals surface area contributed by atoms with Crippen molar-refractivity contribution >= 4 is 29.4 Å². The normalized spacial score (nSPS) is 38.8. The number of aliphatic carboxylic acids is 1. The van der Waals surface area contributed by atoms with Gasteiger partial charge in [-0.25, -0.2) is 0 Å². The minimum absolute atomic E-state index is 0.00491. The number of esters is 1. The smallest absolute Gasteiger partial charge is 0.306 e. The first-order chi connectivity index (χ1) is 21.5. The SMILES string of the molecule is CC1(C)C[C@H]([C@H](CC(=O)O)NC(=O)CCC(=O)OCC(=O)[C@@]2(O)CC[C@@H]3[C@@H]4CCC5=CC(=O)CC[C@]5(C)[C@@H]4[C@@H](O)C[C@@]32C)CCO1. The Kier molecular flexibility index (Phi) is 9.63. The number of aliphatic hydroxyl groups excluding tert-OH is 1. The summed E-state index contributed by atoms with van der Waals surface area (Å²) in [6.45, 7) is 7.72. The molecule has 0 aromatic carbocycles. The number of hydrogen-bond acceptors (Lipinski definition) is 9. The molecular formula is C35H51NO10. The van der Waals surface area contributed by atoms with Crippen molar-refractivity contribution < 1.29 is 48.8 Å². The highest BCUT2D eigenvalue weighted by Gasteiger charge is 2.68. The van der Waals surface area contributed by atoms with E-state index in [1.54, 1.807) is 6.08 Å². The summed E-state index contributed by atoms with van der Waals surface area (Å²) in [6, 6.07) is -0.600. The first-order valence-corrected chi connectivity index (χ1v) is 17.0. The van der Waals surface area contributed by atoms with Crippen LogP contribution in [0.1, 0.15) is 105 Å². The van der Waals surface area contributed by atoms with E-state index in [4.69, 9.17) is 9.47 Å². The highest BCUT2D eigenvalue weighted by Crippen LogP contribution is 2.67. The molecule has 256 valence electrons. The molecule has 4 fully saturated rings. The molecule has 46 heavy (non-hydrogen) atoms. The first kappa shape index (κ1) is 34.7. The number of hydrogen-bond donors (Lipinski definition) is 4. The topological polar surface area (TPSA) is 177 Å². The van der Waals surface area contributed by atoms with E-state index in [1.807, 2.05) is 20.8 Å². The van der Waals surface area contributed by atoms with Gasteiger partial charge < -0.3 is 30.1 Å². The summed E-state index contributed by atoms with van der Waals surface area (Å²) in [7, 11) is 0. The predicted octanol–water partition coefficient (Wildman–Crippen LogP) is 3.28. The van der Waals surface area contributed by atoms with Crippen molar-refractivity contribution in [3.8, 4) is 0 Å². The van der Waals surface area contributed by atoms with Crippen LogP contribution in [-0.2, 0) is 33.4 Å². The molecule has 11 nitrogen and oxygen atoms in total. The average molecular weight is 646 g/mol. The maximum atomic E-state index is 13.5. The minimum atomic E-state index is -1.76. The Morgan fingerprint density at radius 1 is 1.04 bits per heavy atom. The van der Waals surface area contributed by atoms with E-state index in [-0.39, 0.29) is 67.0 Å². The lowest BCUT2D eigenvalue weighted by Crippen LogP contribution is -2.62. The van der Waals surface area contributed by atoms with Crippen molar-refractivity contribution in [2.75, 3.05) is 13.2 Å². The number of ether oxygens (including phenoxy) is 2. The molecule has 5 aliphatic rings. The van der Waals surface area contributed by atoms with Crippen LogP contribution in [-0.4, -0.2) is 81.3 Å². The third kappa shape index (κ3) is 6.43. The van der Waals surface area contributed by atoms with Crippen LogP contribution in [0, 0.1) is 34.5 Å². The molecule has 1 saturated heterocycles. The van der Waals surface area contributed by atoms with Gasteiger partial charge in [-0.1, -0.05) is 19.4 Å². The fraction of sp³-hybridized carbons (Fsp3) is 0.800. The quantitative estimate of drug-likeness (QED) is 0.258. The Morgan fingerprint density at radius 3 is 2.48 bits per heavy atom. The van der Waals surface area contributed by atoms with Crippen molar-refractivity contribution in [1.29, 1.82) is 0 Å². The van der Waals surface area contributed by atoms with Crippen LogP contribution < -0.4 is 5.32 Å². The van der Waals surface area contributed by atoms with Crippen molar-refractivity contribution in [2.45, 2.75) is 128 Å². The monoisotopic (exact) mass is 645 g/mol. The van der Waals surface area contributed by atoms with Gasteiger partial charge in [0.2, 0.25) is 11.7 Å². The maximum Gasteiger partial charge on any atom is 0.306 e. The number of nitrogens with one attached hydrogen (secondary N) is 1. The average Bonchev–Trinajstić information content (AvgIpc) is 3.24. The number of carboxylic acid groups (broad SMARTS) is 1. The van der Waals surface area contributed by atoms with Gasteiger partial charge in [-0.05, 0) is 100 Å². The largest absolute Gasteiger partial charge is 0.481 e. The van der Waals surface area contributed by atoms with Crippen molar-refractivity contribution in [3.05, 3.63) is 11.6 Å². The number of amides is 1. The lowest BCUT2D eigenvalue weighted by molar-refractivity contribution is -0.184. The fourth-order valence-electron chi connectivity index (χ4n) is 10.1. The molecule has 0 aromatic heterocycles. The summed E-state index contributed by atoms with van der Waals surface area (Å²) < 4.78 is 11.0. The molecule has 0 aromatic rings. The standard InChI is InChI=1S/C35H51NO10/c1-32(2)17-20(11-14-46-32)25(16-29(41)42)36-28(40)7-8-30(43)45-19-27(39)35(44)13-10-24-23-6-5-21-15-22(37)9-12-33(21,3)31(23)26(38)18-34(24,35)4/h15,20,23-26,31,38,44H,5-14,16-19H2,1-4H3,(H,36,40)(H,41,42)/t20-,23+,24-,25+,26+,31+,33+,34+,35+/m1/s1. The van der Waals surface area contributed by atoms with E-state index < -0.39 is 59.0 Å². The molecule has 1 heterocycles. The molecule has 5 rings (SSSR count). The van der Waals surface area contributed by atoms with Gasteiger partial charge in [0.05, 0.1) is 24.5 Å². The van der Waals surface area contributed by atoms with Gasteiger partial charge in [-0.3, -0.25) is 24.0 Å². The van der Waals surface area contributed by atoms with Crippen LogP contribution in [0.3, 0.4) is 0 Å². The number of ketones is 2. The van der Waals surface area contributed by atoms with Gasteiger partial charge in [0.25, 0.3) is 0 Å². The Morgan fingerprint density at radius 2 is 1.78 bits per heavy atom. The summed E-state index contributed by atoms with van der Waals surface area (Å²) in [5.74, 6) is -2.75. The van der Waals surface area contributed by atoms with Crippen LogP contribution in [0.5, 0.6) is 0 Å². The van der Waals surface area contributed by atoms with Crippen molar-refractivity contribution in [3.63, 3.8) is 0 Å². The van der Waals surface area contributed by atoms with Crippen LogP contribution in [0.2, 0.25) is 0 Å². The minimum Gasteiger partial charge on any atom is -0.481 e. The van der Waals surface area contributed by atoms with E-state index in [1.165, 1.54) is 0 Å². The van der Waals surface area contributed by atoms with Gasteiger partial charge in [0.15, 0.2) is 12.4 Å². The molecule has 4 aliphatic carbocycles. The second kappa shape index (κ2) is 12.8. The maximum absolute atomic E-state index is 13.5. The highest BCUT2D eigenvalue weighted by molar-refractivity contribution is 5.92. The number of carbonyl (C=O) groups excluding carboxylic acids is 4. The van der Waals surface area contributed by atoms with Crippen molar-refractivity contribution in [1.82, 2.24) is 5.32 Å². The number of Topliss-reactive ketones (excluding diaryl/α,β-unsaturated/α-hetero) is 1. The Hall–Kier alpha value is -2.63. The third-order valence-corrected chi connectivity index (χ3v) is 12.5. The number of rotatable bonds is 10. The van der Waals surface area contributed by atoms with Gasteiger partial charge in [0, 0.05) is 30.9 Å². The molecular weight excluding hydrogens is 594 g/mol. The van der Waals surface area contributed by atoms with E-state index in [9.17, 15) is 39.3 Å². The zero-order chi connectivity index (χ0) is 33.7. The zero-order valence-corrected chi connectivity index (χ0v) is 27.6. The molecule has 0 radical (unpaired) electrons. The zero-order valence-electron chi connectivity index (χ0n) is 27.6. The molecule has 9 atom stereocenters. The summed E-state index contributed by atoms with van der Waals surface area (Å²) >= 11 is 0. The lowest BCUT2D eigenvalue weighted by atomic mass is 9.45. The van der Waals surface area contributed by atoms with Crippen LogP contribution in [0.15, 0.2) is 11.6 Å². The Balaban J connectivity index is 1.16. The highest BCUT2D eigenvalue weighted by atomic mass is 16.5. The molecule has 1 aliphatic heterocycles. The summed E-state index contributed by atoms with van der Waals surface area (Å²) in [4.78, 5) is 62.5.